The van der Waals surface area contributed by atoms with Crippen molar-refractivity contribution in [3.8, 4) is 6.07 Å². The Balaban J connectivity index is 1.42. The molecule has 4 rings (SSSR count). The van der Waals surface area contributed by atoms with Crippen LogP contribution in [0.1, 0.15) is 69.8 Å². The third-order valence-corrected chi connectivity index (χ3v) is 6.81. The lowest BCUT2D eigenvalue weighted by Crippen LogP contribution is -2.43. The van der Waals surface area contributed by atoms with Gasteiger partial charge in [-0.3, -0.25) is 14.6 Å². The molecule has 1 fully saturated rings. The van der Waals surface area contributed by atoms with Crippen LogP contribution in [0.25, 0.3) is 0 Å². The molecule has 2 amide bonds. The maximum absolute atomic E-state index is 15.6. The van der Waals surface area contributed by atoms with Crippen LogP contribution in [0, 0.1) is 24.2 Å². The number of hydrogen-bond acceptors (Lipinski definition) is 4. The van der Waals surface area contributed by atoms with E-state index < -0.39 is 5.67 Å². The van der Waals surface area contributed by atoms with Gasteiger partial charge in [-0.1, -0.05) is 32.0 Å². The molecule has 37 heavy (non-hydrogen) atoms. The van der Waals surface area contributed by atoms with Gasteiger partial charge in [0.15, 0.2) is 0 Å². The number of benzene rings is 2. The van der Waals surface area contributed by atoms with Crippen molar-refractivity contribution in [1.82, 2.24) is 9.88 Å². The highest BCUT2D eigenvalue weighted by atomic mass is 19.1. The van der Waals surface area contributed by atoms with Crippen LogP contribution in [-0.2, 0) is 12.1 Å². The van der Waals surface area contributed by atoms with Gasteiger partial charge < -0.3 is 10.2 Å². The first-order chi connectivity index (χ1) is 17.7. The number of alkyl halides is 1. The highest BCUT2D eigenvalue weighted by Gasteiger charge is 2.37. The van der Waals surface area contributed by atoms with Crippen LogP contribution in [0.3, 0.4) is 0 Å². The van der Waals surface area contributed by atoms with Crippen LogP contribution >= 0.6 is 0 Å². The standard InChI is InChI=1S/C30H31FN4O2/c1-20(2)16-26-11-8-24(19-33-26)28(36)34-27-17-23(7-4-21(27)3)29(37)35-14-12-30(31,13-15-35)25-9-5-22(18-32)6-10-25/h4-11,17,19-20H,12-16H2,1-3H3,(H,34,36). The van der Waals surface area contributed by atoms with Crippen molar-refractivity contribution in [2.45, 2.75) is 45.7 Å². The first-order valence-electron chi connectivity index (χ1n) is 12.5. The number of rotatable bonds is 6. The summed E-state index contributed by atoms with van der Waals surface area (Å²) in [6.45, 7) is 6.65. The number of carbonyl (C=O) groups is 2. The number of piperidine rings is 1. The van der Waals surface area contributed by atoms with E-state index in [0.29, 0.717) is 33.9 Å². The summed E-state index contributed by atoms with van der Waals surface area (Å²) in [5, 5.41) is 11.9. The fourth-order valence-electron chi connectivity index (χ4n) is 4.56. The summed E-state index contributed by atoms with van der Waals surface area (Å²) in [6.07, 6.45) is 2.78. The largest absolute Gasteiger partial charge is 0.338 e. The van der Waals surface area contributed by atoms with Gasteiger partial charge in [0.05, 0.1) is 17.2 Å². The van der Waals surface area contributed by atoms with Crippen molar-refractivity contribution in [2.75, 3.05) is 18.4 Å². The molecular formula is C30H31FN4O2. The van der Waals surface area contributed by atoms with Crippen LogP contribution < -0.4 is 5.32 Å². The summed E-state index contributed by atoms with van der Waals surface area (Å²) < 4.78 is 15.6. The maximum Gasteiger partial charge on any atom is 0.257 e. The van der Waals surface area contributed by atoms with E-state index in [4.69, 9.17) is 5.26 Å². The Hall–Kier alpha value is -4.05. The molecule has 1 aromatic heterocycles. The van der Waals surface area contributed by atoms with Crippen LogP contribution in [0.2, 0.25) is 0 Å². The van der Waals surface area contributed by atoms with E-state index in [9.17, 15) is 9.59 Å². The summed E-state index contributed by atoms with van der Waals surface area (Å²) in [5.41, 5.74) is 2.70. The van der Waals surface area contributed by atoms with Crippen LogP contribution in [0.5, 0.6) is 0 Å². The minimum Gasteiger partial charge on any atom is -0.338 e. The van der Waals surface area contributed by atoms with Gasteiger partial charge in [-0.25, -0.2) is 4.39 Å². The second-order valence-corrected chi connectivity index (χ2v) is 10.1. The highest BCUT2D eigenvalue weighted by Crippen LogP contribution is 2.37. The number of aryl methyl sites for hydroxylation is 1. The van der Waals surface area contributed by atoms with E-state index >= 15 is 4.39 Å². The average molecular weight is 499 g/mol. The van der Waals surface area contributed by atoms with E-state index in [1.54, 1.807) is 59.6 Å². The third kappa shape index (κ3) is 6.03. The molecule has 0 aliphatic carbocycles. The van der Waals surface area contributed by atoms with Crippen molar-refractivity contribution in [3.63, 3.8) is 0 Å². The monoisotopic (exact) mass is 498 g/mol. The Morgan fingerprint density at radius 3 is 2.35 bits per heavy atom. The molecule has 3 aromatic rings. The number of anilines is 1. The number of nitrogens with one attached hydrogen (secondary N) is 1. The van der Waals surface area contributed by atoms with E-state index in [1.165, 1.54) is 0 Å². The molecule has 0 unspecified atom stereocenters. The second kappa shape index (κ2) is 10.9. The number of amides is 2. The Kier molecular flexibility index (Phi) is 7.68. The number of likely N-dealkylation sites (tertiary alicyclic amines) is 1. The SMILES string of the molecule is Cc1ccc(C(=O)N2CCC(F)(c3ccc(C#N)cc3)CC2)cc1NC(=O)c1ccc(CC(C)C)nc1. The predicted octanol–water partition coefficient (Wildman–Crippen LogP) is 5.81. The lowest BCUT2D eigenvalue weighted by molar-refractivity contribution is 0.0421. The topological polar surface area (TPSA) is 86.1 Å². The minimum absolute atomic E-state index is 0.180. The summed E-state index contributed by atoms with van der Waals surface area (Å²) in [7, 11) is 0. The van der Waals surface area contributed by atoms with Gasteiger partial charge in [0, 0.05) is 49.1 Å². The molecule has 0 bridgehead atoms. The normalized spacial score (nSPS) is 14.8. The van der Waals surface area contributed by atoms with E-state index in [-0.39, 0.29) is 37.7 Å². The number of pyridine rings is 1. The second-order valence-electron chi connectivity index (χ2n) is 10.1. The van der Waals surface area contributed by atoms with Gasteiger partial charge in [0.2, 0.25) is 0 Å². The molecule has 0 spiro atoms. The molecule has 1 saturated heterocycles. The number of nitrogens with zero attached hydrogens (tertiary/aromatic N) is 3. The van der Waals surface area contributed by atoms with E-state index in [2.05, 4.69) is 24.1 Å². The Labute approximate surface area is 217 Å². The molecule has 2 heterocycles. The van der Waals surface area contributed by atoms with Crippen molar-refractivity contribution in [2.24, 2.45) is 5.92 Å². The lowest BCUT2D eigenvalue weighted by Gasteiger charge is -2.37. The molecule has 6 nitrogen and oxygen atoms in total. The molecule has 2 aromatic carbocycles. The van der Waals surface area contributed by atoms with Crippen molar-refractivity contribution in [1.29, 1.82) is 5.26 Å². The van der Waals surface area contributed by atoms with Gasteiger partial charge >= 0.3 is 0 Å². The number of carbonyl (C=O) groups excluding carboxylic acids is 2. The highest BCUT2D eigenvalue weighted by molar-refractivity contribution is 6.05. The summed E-state index contributed by atoms with van der Waals surface area (Å²) in [6, 6.07) is 17.4. The van der Waals surface area contributed by atoms with E-state index in [0.717, 1.165) is 17.7 Å². The first-order valence-corrected chi connectivity index (χ1v) is 12.5. The van der Waals surface area contributed by atoms with Gasteiger partial charge in [-0.15, -0.1) is 0 Å². The molecule has 1 aliphatic heterocycles. The summed E-state index contributed by atoms with van der Waals surface area (Å²) >= 11 is 0. The van der Waals surface area contributed by atoms with Crippen LogP contribution in [0.15, 0.2) is 60.8 Å². The number of hydrogen-bond donors (Lipinski definition) is 1. The molecule has 0 atom stereocenters. The molecular weight excluding hydrogens is 467 g/mol. The number of aromatic nitrogens is 1. The minimum atomic E-state index is -1.53. The van der Waals surface area contributed by atoms with Gasteiger partial charge in [-0.2, -0.15) is 5.26 Å². The van der Waals surface area contributed by atoms with Gasteiger partial charge in [-0.05, 0) is 66.8 Å². The van der Waals surface area contributed by atoms with Crippen molar-refractivity contribution < 1.29 is 14.0 Å². The van der Waals surface area contributed by atoms with Gasteiger partial charge in [0.25, 0.3) is 11.8 Å². The maximum atomic E-state index is 15.6. The summed E-state index contributed by atoms with van der Waals surface area (Å²) in [5.74, 6) is -0.0109. The average Bonchev–Trinajstić information content (AvgIpc) is 2.90. The quantitative estimate of drug-likeness (QED) is 0.464. The zero-order valence-electron chi connectivity index (χ0n) is 21.4. The lowest BCUT2D eigenvalue weighted by atomic mass is 9.85. The molecule has 7 heteroatoms. The Morgan fingerprint density at radius 2 is 1.76 bits per heavy atom. The van der Waals surface area contributed by atoms with Crippen molar-refractivity contribution >= 4 is 17.5 Å². The zero-order chi connectivity index (χ0) is 26.6. The summed E-state index contributed by atoms with van der Waals surface area (Å²) in [4.78, 5) is 32.1. The zero-order valence-corrected chi connectivity index (χ0v) is 21.4. The molecule has 0 radical (unpaired) electrons. The fourth-order valence-corrected chi connectivity index (χ4v) is 4.56. The fraction of sp³-hybridized carbons (Fsp3) is 0.333. The van der Waals surface area contributed by atoms with Crippen LogP contribution in [0.4, 0.5) is 10.1 Å². The number of nitriles is 1. The number of halogens is 1. The van der Waals surface area contributed by atoms with Crippen LogP contribution in [-0.4, -0.2) is 34.8 Å². The predicted molar refractivity (Wildman–Crippen MR) is 141 cm³/mol. The Morgan fingerprint density at radius 1 is 1.08 bits per heavy atom. The van der Waals surface area contributed by atoms with Crippen molar-refractivity contribution in [3.05, 3.63) is 94.3 Å². The molecule has 1 aliphatic rings. The molecule has 1 N–H and O–H groups in total. The molecule has 190 valence electrons. The smallest absolute Gasteiger partial charge is 0.257 e. The third-order valence-electron chi connectivity index (χ3n) is 6.81. The Bertz CT molecular complexity index is 1320. The van der Waals surface area contributed by atoms with E-state index in [1.807, 2.05) is 19.1 Å². The van der Waals surface area contributed by atoms with Gasteiger partial charge in [0.1, 0.15) is 5.67 Å². The first kappa shape index (κ1) is 26.0. The molecule has 0 saturated carbocycles.